The van der Waals surface area contributed by atoms with Crippen LogP contribution in [-0.2, 0) is 10.5 Å². The third-order valence-electron chi connectivity index (χ3n) is 3.72. The van der Waals surface area contributed by atoms with Gasteiger partial charge < -0.3 is 4.90 Å². The summed E-state index contributed by atoms with van der Waals surface area (Å²) in [6.07, 6.45) is 1.42. The summed E-state index contributed by atoms with van der Waals surface area (Å²) < 4.78 is 0. The van der Waals surface area contributed by atoms with Gasteiger partial charge in [-0.1, -0.05) is 29.8 Å². The molecule has 1 amide bonds. The summed E-state index contributed by atoms with van der Waals surface area (Å²) in [5.74, 6) is 0.800. The molecular formula is C19H22N4O3S. The van der Waals surface area contributed by atoms with E-state index in [1.165, 1.54) is 35.7 Å². The zero-order chi connectivity index (χ0) is 19.8. The van der Waals surface area contributed by atoms with E-state index in [0.717, 1.165) is 17.0 Å². The molecule has 0 aliphatic heterocycles. The zero-order valence-corrected chi connectivity index (χ0v) is 16.3. The van der Waals surface area contributed by atoms with Crippen LogP contribution in [0.25, 0.3) is 0 Å². The molecule has 142 valence electrons. The van der Waals surface area contributed by atoms with E-state index in [1.807, 2.05) is 50.2 Å². The van der Waals surface area contributed by atoms with Crippen LogP contribution in [0.2, 0.25) is 0 Å². The van der Waals surface area contributed by atoms with Gasteiger partial charge in [-0.15, -0.1) is 11.8 Å². The van der Waals surface area contributed by atoms with E-state index >= 15 is 0 Å². The van der Waals surface area contributed by atoms with Crippen LogP contribution in [0, 0.1) is 17.0 Å². The number of nitrogens with zero attached hydrogens (tertiary/aromatic N) is 3. The number of amides is 1. The van der Waals surface area contributed by atoms with Crippen LogP contribution in [0.5, 0.6) is 0 Å². The summed E-state index contributed by atoms with van der Waals surface area (Å²) in [5, 5.41) is 14.9. The van der Waals surface area contributed by atoms with Gasteiger partial charge in [0.05, 0.1) is 16.9 Å². The molecule has 0 heterocycles. The average molecular weight is 386 g/mol. The summed E-state index contributed by atoms with van der Waals surface area (Å²) in [4.78, 5) is 24.2. The number of non-ortho nitro benzene ring substituents is 1. The van der Waals surface area contributed by atoms with Gasteiger partial charge in [0.15, 0.2) is 0 Å². The Bertz CT molecular complexity index is 835. The van der Waals surface area contributed by atoms with Gasteiger partial charge in [0.2, 0.25) is 5.91 Å². The smallest absolute Gasteiger partial charge is 0.270 e. The van der Waals surface area contributed by atoms with Crippen LogP contribution in [0.15, 0.2) is 47.6 Å². The van der Waals surface area contributed by atoms with Gasteiger partial charge in [-0.3, -0.25) is 14.9 Å². The summed E-state index contributed by atoms with van der Waals surface area (Å²) >= 11 is 1.50. The molecule has 0 fully saturated rings. The first kappa shape index (κ1) is 20.4. The number of rotatable bonds is 8. The number of thioether (sulfide) groups is 1. The molecule has 8 heteroatoms. The van der Waals surface area contributed by atoms with E-state index in [-0.39, 0.29) is 17.3 Å². The Morgan fingerprint density at radius 2 is 1.96 bits per heavy atom. The van der Waals surface area contributed by atoms with Crippen LogP contribution in [0.4, 0.5) is 11.4 Å². The minimum absolute atomic E-state index is 0.0259. The highest BCUT2D eigenvalue weighted by molar-refractivity contribution is 7.99. The van der Waals surface area contributed by atoms with Crippen molar-refractivity contribution in [3.63, 3.8) is 0 Å². The lowest BCUT2D eigenvalue weighted by Crippen LogP contribution is -2.20. The number of hydrogen-bond donors (Lipinski definition) is 1. The zero-order valence-electron chi connectivity index (χ0n) is 15.5. The third-order valence-corrected chi connectivity index (χ3v) is 4.72. The number of anilines is 1. The summed E-state index contributed by atoms with van der Waals surface area (Å²) in [7, 11) is 3.66. The van der Waals surface area contributed by atoms with Crippen molar-refractivity contribution in [3.8, 4) is 0 Å². The number of nitro benzene ring substituents is 1. The van der Waals surface area contributed by atoms with E-state index in [9.17, 15) is 14.9 Å². The van der Waals surface area contributed by atoms with Crippen molar-refractivity contribution in [2.24, 2.45) is 5.10 Å². The Balaban J connectivity index is 1.90. The maximum absolute atomic E-state index is 11.9. The van der Waals surface area contributed by atoms with Gasteiger partial charge in [-0.25, -0.2) is 5.43 Å². The molecule has 0 unspecified atom stereocenters. The van der Waals surface area contributed by atoms with Crippen LogP contribution in [0.3, 0.4) is 0 Å². The third kappa shape index (κ3) is 6.41. The number of carbonyl (C=O) groups is 1. The molecule has 0 saturated carbocycles. The average Bonchev–Trinajstić information content (AvgIpc) is 2.63. The minimum atomic E-state index is -0.461. The molecule has 2 aromatic rings. The molecule has 0 saturated heterocycles. The van der Waals surface area contributed by atoms with Crippen LogP contribution in [-0.4, -0.2) is 36.9 Å². The summed E-state index contributed by atoms with van der Waals surface area (Å²) in [6, 6.07) is 12.7. The molecule has 2 aromatic carbocycles. The molecule has 2 rings (SSSR count). The van der Waals surface area contributed by atoms with Crippen molar-refractivity contribution in [2.45, 2.75) is 12.7 Å². The number of benzene rings is 2. The number of aryl methyl sites for hydroxylation is 1. The van der Waals surface area contributed by atoms with Gasteiger partial charge in [0, 0.05) is 43.2 Å². The maximum Gasteiger partial charge on any atom is 0.270 e. The molecule has 0 bridgehead atoms. The molecule has 0 aliphatic rings. The lowest BCUT2D eigenvalue weighted by Gasteiger charge is -2.14. The molecule has 0 aromatic heterocycles. The van der Waals surface area contributed by atoms with Crippen molar-refractivity contribution in [3.05, 3.63) is 69.3 Å². The van der Waals surface area contributed by atoms with Crippen molar-refractivity contribution < 1.29 is 9.72 Å². The van der Waals surface area contributed by atoms with Gasteiger partial charge in [-0.2, -0.15) is 5.10 Å². The van der Waals surface area contributed by atoms with Gasteiger partial charge in [0.25, 0.3) is 5.69 Å². The highest BCUT2D eigenvalue weighted by atomic mass is 32.2. The quantitative estimate of drug-likeness (QED) is 0.427. The fraction of sp³-hybridized carbons (Fsp3) is 0.263. The van der Waals surface area contributed by atoms with Gasteiger partial charge in [0.1, 0.15) is 0 Å². The predicted molar refractivity (Wildman–Crippen MR) is 111 cm³/mol. The van der Waals surface area contributed by atoms with Crippen molar-refractivity contribution in [2.75, 3.05) is 24.7 Å². The summed E-state index contributed by atoms with van der Waals surface area (Å²) in [6.45, 7) is 2.03. The monoisotopic (exact) mass is 386 g/mol. The second kappa shape index (κ2) is 9.72. The van der Waals surface area contributed by atoms with E-state index in [0.29, 0.717) is 5.56 Å². The molecular weight excluding hydrogens is 364 g/mol. The lowest BCUT2D eigenvalue weighted by atomic mass is 10.1. The molecule has 27 heavy (non-hydrogen) atoms. The number of nitro groups is 1. The Hall–Kier alpha value is -2.87. The maximum atomic E-state index is 11.9. The number of hydrazone groups is 1. The number of hydrogen-bond acceptors (Lipinski definition) is 6. The van der Waals surface area contributed by atoms with E-state index in [4.69, 9.17) is 0 Å². The molecule has 0 spiro atoms. The Morgan fingerprint density at radius 1 is 1.26 bits per heavy atom. The van der Waals surface area contributed by atoms with Crippen molar-refractivity contribution in [1.82, 2.24) is 5.43 Å². The van der Waals surface area contributed by atoms with Gasteiger partial charge in [-0.05, 0) is 18.6 Å². The Kier molecular flexibility index (Phi) is 7.36. The second-order valence-electron chi connectivity index (χ2n) is 6.17. The van der Waals surface area contributed by atoms with Crippen molar-refractivity contribution >= 4 is 35.3 Å². The van der Waals surface area contributed by atoms with E-state index < -0.39 is 4.92 Å². The molecule has 1 N–H and O–H groups in total. The van der Waals surface area contributed by atoms with E-state index in [2.05, 4.69) is 10.5 Å². The topological polar surface area (TPSA) is 87.8 Å². The molecule has 7 nitrogen and oxygen atoms in total. The minimum Gasteiger partial charge on any atom is -0.377 e. The van der Waals surface area contributed by atoms with Gasteiger partial charge >= 0.3 is 0 Å². The normalized spacial score (nSPS) is 10.8. The first-order valence-corrected chi connectivity index (χ1v) is 9.43. The largest absolute Gasteiger partial charge is 0.377 e. The van der Waals surface area contributed by atoms with Crippen LogP contribution < -0.4 is 10.3 Å². The second-order valence-corrected chi connectivity index (χ2v) is 7.15. The van der Waals surface area contributed by atoms with Crippen LogP contribution in [0.1, 0.15) is 16.7 Å². The SMILES string of the molecule is Cc1ccc(CSCC(=O)N/N=C\c2cc([N+](=O)[O-])ccc2N(C)C)cc1. The summed E-state index contributed by atoms with van der Waals surface area (Å²) in [5.41, 5.74) is 6.13. The van der Waals surface area contributed by atoms with Crippen molar-refractivity contribution in [1.29, 1.82) is 0 Å². The Labute approximate surface area is 162 Å². The lowest BCUT2D eigenvalue weighted by molar-refractivity contribution is -0.384. The molecule has 0 atom stereocenters. The standard InChI is InChI=1S/C19H22N4O3S/c1-14-4-6-15(7-5-14)12-27-13-19(24)21-20-11-16-10-17(23(25)26)8-9-18(16)22(2)3/h4-11H,12-13H2,1-3H3,(H,21,24)/b20-11-. The fourth-order valence-corrected chi connectivity index (χ4v) is 3.10. The first-order valence-electron chi connectivity index (χ1n) is 8.28. The fourth-order valence-electron chi connectivity index (χ4n) is 2.32. The number of nitrogens with one attached hydrogen (secondary N) is 1. The van der Waals surface area contributed by atoms with Crippen LogP contribution >= 0.6 is 11.8 Å². The highest BCUT2D eigenvalue weighted by Gasteiger charge is 2.11. The first-order chi connectivity index (χ1) is 12.9. The highest BCUT2D eigenvalue weighted by Crippen LogP contribution is 2.22. The molecule has 0 aliphatic carbocycles. The molecule has 0 radical (unpaired) electrons. The predicted octanol–water partition coefficient (Wildman–Crippen LogP) is 3.35. The Morgan fingerprint density at radius 3 is 2.59 bits per heavy atom. The number of carbonyl (C=O) groups excluding carboxylic acids is 1. The van der Waals surface area contributed by atoms with E-state index in [1.54, 1.807) is 6.07 Å².